The molecule has 128 valence electrons. The molecule has 0 atom stereocenters. The maximum absolute atomic E-state index is 12.2. The molecule has 1 fully saturated rings. The Morgan fingerprint density at radius 3 is 2.79 bits per heavy atom. The van der Waals surface area contributed by atoms with E-state index in [-0.39, 0.29) is 5.69 Å². The molecule has 1 aromatic carbocycles. The number of aryl methyl sites for hydroxylation is 1. The van der Waals surface area contributed by atoms with E-state index in [9.17, 15) is 4.79 Å². The number of hydrogen-bond donors (Lipinski definition) is 0. The van der Waals surface area contributed by atoms with E-state index < -0.39 is 0 Å². The summed E-state index contributed by atoms with van der Waals surface area (Å²) < 4.78 is 2.55. The fourth-order valence-electron chi connectivity index (χ4n) is 2.80. The number of aromatic nitrogens is 4. The van der Waals surface area contributed by atoms with Crippen molar-refractivity contribution in [3.8, 4) is 5.69 Å². The molecule has 0 radical (unpaired) electrons. The second-order valence-electron chi connectivity index (χ2n) is 6.27. The Morgan fingerprint density at radius 1 is 1.38 bits per heavy atom. The number of tetrazole rings is 1. The zero-order valence-corrected chi connectivity index (χ0v) is 14.4. The van der Waals surface area contributed by atoms with E-state index in [2.05, 4.69) is 28.6 Å². The highest BCUT2D eigenvalue weighted by atomic mass is 16.6. The molecule has 0 spiro atoms. The summed E-state index contributed by atoms with van der Waals surface area (Å²) in [6.45, 7) is 4.40. The van der Waals surface area contributed by atoms with Gasteiger partial charge in [-0.1, -0.05) is 30.6 Å². The Kier molecular flexibility index (Phi) is 4.78. The first-order valence-corrected chi connectivity index (χ1v) is 8.38. The minimum Gasteiger partial charge on any atom is -0.391 e. The summed E-state index contributed by atoms with van der Waals surface area (Å²) in [5.74, 6) is 0.539. The quantitative estimate of drug-likeness (QED) is 0.578. The summed E-state index contributed by atoms with van der Waals surface area (Å²) >= 11 is 0. The Labute approximate surface area is 140 Å². The van der Waals surface area contributed by atoms with Crippen molar-refractivity contribution in [2.75, 3.05) is 0 Å². The van der Waals surface area contributed by atoms with Crippen LogP contribution in [-0.2, 0) is 18.5 Å². The van der Waals surface area contributed by atoms with Gasteiger partial charge in [-0.3, -0.25) is 0 Å². The maximum Gasteiger partial charge on any atom is 0.368 e. The third kappa shape index (κ3) is 3.39. The molecule has 1 heterocycles. The molecule has 1 aliphatic rings. The number of nitrogens with zero attached hydrogens (tertiary/aromatic N) is 5. The average Bonchev–Trinajstić information content (AvgIpc) is 3.35. The first-order valence-electron chi connectivity index (χ1n) is 8.38. The van der Waals surface area contributed by atoms with Gasteiger partial charge in [0.25, 0.3) is 0 Å². The van der Waals surface area contributed by atoms with Gasteiger partial charge < -0.3 is 4.84 Å². The van der Waals surface area contributed by atoms with Gasteiger partial charge in [-0.25, -0.2) is 4.79 Å². The first-order chi connectivity index (χ1) is 11.6. The molecular weight excluding hydrogens is 306 g/mol. The first kappa shape index (κ1) is 16.4. The van der Waals surface area contributed by atoms with Gasteiger partial charge in [0.15, 0.2) is 0 Å². The van der Waals surface area contributed by atoms with Crippen molar-refractivity contribution >= 4 is 5.71 Å². The lowest BCUT2D eigenvalue weighted by Gasteiger charge is -2.13. The van der Waals surface area contributed by atoms with Gasteiger partial charge >= 0.3 is 5.69 Å². The van der Waals surface area contributed by atoms with Crippen LogP contribution in [0.1, 0.15) is 56.6 Å². The van der Waals surface area contributed by atoms with Gasteiger partial charge in [0.1, 0.15) is 6.61 Å². The third-order valence-electron chi connectivity index (χ3n) is 4.20. The fourth-order valence-corrected chi connectivity index (χ4v) is 2.80. The van der Waals surface area contributed by atoms with E-state index in [0.717, 1.165) is 29.8 Å². The van der Waals surface area contributed by atoms with Crippen molar-refractivity contribution in [1.29, 1.82) is 0 Å². The number of benzene rings is 1. The molecule has 0 unspecified atom stereocenters. The summed E-state index contributed by atoms with van der Waals surface area (Å²) in [7, 11) is 1.59. The van der Waals surface area contributed by atoms with Crippen LogP contribution in [0.15, 0.2) is 28.1 Å². The van der Waals surface area contributed by atoms with Crippen molar-refractivity contribution in [2.45, 2.75) is 52.1 Å². The predicted octanol–water partition coefficient (Wildman–Crippen LogP) is 2.54. The van der Waals surface area contributed by atoms with E-state index in [1.54, 1.807) is 7.05 Å². The molecule has 0 saturated heterocycles. The van der Waals surface area contributed by atoms with Gasteiger partial charge in [-0.2, -0.15) is 9.36 Å². The van der Waals surface area contributed by atoms with Gasteiger partial charge in [-0.15, -0.1) is 0 Å². The molecule has 1 aliphatic carbocycles. The normalized spacial score (nSPS) is 14.9. The van der Waals surface area contributed by atoms with Crippen LogP contribution >= 0.6 is 0 Å². The maximum atomic E-state index is 12.2. The highest BCUT2D eigenvalue weighted by molar-refractivity contribution is 5.81. The molecule has 1 aromatic heterocycles. The zero-order valence-electron chi connectivity index (χ0n) is 14.4. The minimum absolute atomic E-state index is 0.269. The molecule has 1 saturated carbocycles. The van der Waals surface area contributed by atoms with E-state index in [0.29, 0.717) is 12.5 Å². The van der Waals surface area contributed by atoms with Crippen LogP contribution in [0.25, 0.3) is 5.69 Å². The largest absolute Gasteiger partial charge is 0.391 e. The second-order valence-corrected chi connectivity index (χ2v) is 6.27. The Hall–Kier alpha value is -2.44. The highest BCUT2D eigenvalue weighted by Gasteiger charge is 2.28. The van der Waals surface area contributed by atoms with Gasteiger partial charge in [0.05, 0.1) is 11.4 Å². The Balaban J connectivity index is 1.94. The van der Waals surface area contributed by atoms with Crippen molar-refractivity contribution in [3.05, 3.63) is 39.8 Å². The van der Waals surface area contributed by atoms with Crippen molar-refractivity contribution in [2.24, 2.45) is 12.2 Å². The van der Waals surface area contributed by atoms with Crippen LogP contribution in [0, 0.1) is 0 Å². The molecule has 3 rings (SSSR count). The Morgan fingerprint density at radius 2 is 2.17 bits per heavy atom. The van der Waals surface area contributed by atoms with Gasteiger partial charge in [0.2, 0.25) is 0 Å². The second kappa shape index (κ2) is 6.98. The van der Waals surface area contributed by atoms with Crippen molar-refractivity contribution in [1.82, 2.24) is 19.8 Å². The summed E-state index contributed by atoms with van der Waals surface area (Å²) in [4.78, 5) is 17.8. The van der Waals surface area contributed by atoms with E-state index in [1.807, 2.05) is 19.1 Å². The topological polar surface area (TPSA) is 74.3 Å². The van der Waals surface area contributed by atoms with Crippen LogP contribution in [0.2, 0.25) is 0 Å². The fraction of sp³-hybridized carbons (Fsp3) is 0.529. The predicted molar refractivity (Wildman–Crippen MR) is 91.4 cm³/mol. The third-order valence-corrected chi connectivity index (χ3v) is 4.20. The van der Waals surface area contributed by atoms with E-state index in [1.165, 1.54) is 27.8 Å². The van der Waals surface area contributed by atoms with E-state index in [4.69, 9.17) is 4.84 Å². The van der Waals surface area contributed by atoms with Crippen LogP contribution in [0.5, 0.6) is 0 Å². The summed E-state index contributed by atoms with van der Waals surface area (Å²) in [6.07, 6.45) is 4.30. The smallest absolute Gasteiger partial charge is 0.368 e. The summed E-state index contributed by atoms with van der Waals surface area (Å²) in [5, 5.41) is 12.0. The molecule has 7 heteroatoms. The molecule has 0 amide bonds. The number of oxime groups is 1. The average molecular weight is 329 g/mol. The van der Waals surface area contributed by atoms with Gasteiger partial charge in [-0.05, 0) is 54.2 Å². The van der Waals surface area contributed by atoms with Crippen LogP contribution in [-0.4, -0.2) is 25.5 Å². The SMILES string of the molecule is CCCC(C)=NOCc1c(C2CC2)cccc1-n1nnn(C)c1=O. The van der Waals surface area contributed by atoms with Gasteiger partial charge in [0, 0.05) is 12.6 Å². The molecule has 24 heavy (non-hydrogen) atoms. The number of hydrogen-bond acceptors (Lipinski definition) is 5. The molecule has 0 N–H and O–H groups in total. The zero-order chi connectivity index (χ0) is 17.1. The molecular formula is C17H23N5O2. The molecule has 0 aliphatic heterocycles. The highest BCUT2D eigenvalue weighted by Crippen LogP contribution is 2.42. The molecule has 2 aromatic rings. The lowest BCUT2D eigenvalue weighted by atomic mass is 10.0. The van der Waals surface area contributed by atoms with Crippen LogP contribution in [0.4, 0.5) is 0 Å². The van der Waals surface area contributed by atoms with E-state index >= 15 is 0 Å². The van der Waals surface area contributed by atoms with Crippen LogP contribution < -0.4 is 5.69 Å². The standard InChI is InChI=1S/C17H23N5O2/c1-4-6-12(2)18-24-11-15-14(13-9-10-13)7-5-8-16(15)22-17(23)21(3)19-20-22/h5,7-8,13H,4,6,9-11H2,1-3H3. The minimum atomic E-state index is -0.269. The van der Waals surface area contributed by atoms with Crippen LogP contribution in [0.3, 0.4) is 0 Å². The number of rotatable bonds is 7. The summed E-state index contributed by atoms with van der Waals surface area (Å²) in [5.41, 5.74) is 3.61. The lowest BCUT2D eigenvalue weighted by Crippen LogP contribution is -2.23. The summed E-state index contributed by atoms with van der Waals surface area (Å²) in [6, 6.07) is 5.94. The van der Waals surface area contributed by atoms with Crippen molar-refractivity contribution < 1.29 is 4.84 Å². The molecule has 7 nitrogen and oxygen atoms in total. The molecule has 0 bridgehead atoms. The monoisotopic (exact) mass is 329 g/mol. The van der Waals surface area contributed by atoms with Crippen molar-refractivity contribution in [3.63, 3.8) is 0 Å². The lowest BCUT2D eigenvalue weighted by molar-refractivity contribution is 0.129. The Bertz CT molecular complexity index is 802.